The number of benzene rings is 1. The number of carbonyl (C=O) groups excluding carboxylic acids is 1. The summed E-state index contributed by atoms with van der Waals surface area (Å²) in [6.45, 7) is 2.96. The van der Waals surface area contributed by atoms with Crippen LogP contribution in [-0.4, -0.2) is 29.2 Å². The fraction of sp³-hybridized carbons (Fsp3) is 0.652. The zero-order valence-electron chi connectivity index (χ0n) is 17.4. The Labute approximate surface area is 177 Å². The largest absolute Gasteiger partial charge is 0.386 e. The number of unbranched alkanes of at least 4 members (excludes halogenated alkanes) is 8. The maximum atomic E-state index is 12.7. The molecular weight excluding hydrogens is 370 g/mol. The monoisotopic (exact) mass is 407 g/mol. The van der Waals surface area contributed by atoms with Gasteiger partial charge >= 0.3 is 0 Å². The summed E-state index contributed by atoms with van der Waals surface area (Å²) < 4.78 is 0. The highest BCUT2D eigenvalue weighted by Crippen LogP contribution is 2.20. The van der Waals surface area contributed by atoms with E-state index in [1.165, 1.54) is 63.4 Å². The molecule has 0 saturated carbocycles. The van der Waals surface area contributed by atoms with Crippen LogP contribution in [0.2, 0.25) is 0 Å². The Morgan fingerprint density at radius 2 is 1.61 bits per heavy atom. The first-order valence-electron chi connectivity index (χ1n) is 10.9. The van der Waals surface area contributed by atoms with Gasteiger partial charge in [0.1, 0.15) is 5.84 Å². The Hall–Kier alpha value is -1.55. The first kappa shape index (κ1) is 24.5. The van der Waals surface area contributed by atoms with Gasteiger partial charge in [0.2, 0.25) is 0 Å². The molecule has 5 heteroatoms. The number of nitrogens with one attached hydrogen (secondary N) is 1. The number of amides is 1. The number of nitrogens with two attached hydrogens (primary N) is 1. The molecule has 0 aromatic heterocycles. The summed E-state index contributed by atoms with van der Waals surface area (Å²) in [5.41, 5.74) is 7.65. The van der Waals surface area contributed by atoms with Gasteiger partial charge in [-0.25, -0.2) is 0 Å². The van der Waals surface area contributed by atoms with Crippen molar-refractivity contribution in [3.05, 3.63) is 35.4 Å². The number of carbonyl (C=O) groups is 1. The predicted molar refractivity (Wildman–Crippen MR) is 121 cm³/mol. The van der Waals surface area contributed by atoms with Crippen LogP contribution >= 0.6 is 12.4 Å². The Balaban J connectivity index is 0.00000392. The summed E-state index contributed by atoms with van der Waals surface area (Å²) in [7, 11) is 0. The lowest BCUT2D eigenvalue weighted by molar-refractivity contribution is 0.0769. The maximum absolute atomic E-state index is 12.7. The van der Waals surface area contributed by atoms with E-state index in [1.54, 1.807) is 4.90 Å². The normalized spacial score (nSPS) is 16.0. The van der Waals surface area contributed by atoms with E-state index < -0.39 is 0 Å². The number of hydrogen-bond acceptors (Lipinski definition) is 2. The number of rotatable bonds is 12. The molecule has 1 atom stereocenters. The van der Waals surface area contributed by atoms with Gasteiger partial charge in [-0.3, -0.25) is 10.2 Å². The van der Waals surface area contributed by atoms with Gasteiger partial charge in [0, 0.05) is 12.1 Å². The molecule has 0 bridgehead atoms. The van der Waals surface area contributed by atoms with E-state index in [9.17, 15) is 4.79 Å². The van der Waals surface area contributed by atoms with Gasteiger partial charge < -0.3 is 10.6 Å². The molecule has 1 amide bonds. The topological polar surface area (TPSA) is 70.2 Å². The van der Waals surface area contributed by atoms with Crippen molar-refractivity contribution in [3.63, 3.8) is 0 Å². The molecule has 0 unspecified atom stereocenters. The van der Waals surface area contributed by atoms with E-state index in [-0.39, 0.29) is 30.2 Å². The van der Waals surface area contributed by atoms with Crippen molar-refractivity contribution >= 4 is 24.1 Å². The molecule has 1 fully saturated rings. The van der Waals surface area contributed by atoms with E-state index in [4.69, 9.17) is 11.1 Å². The molecule has 1 aliphatic heterocycles. The lowest BCUT2D eigenvalue weighted by atomic mass is 10.0. The van der Waals surface area contributed by atoms with Crippen LogP contribution in [-0.2, 0) is 6.42 Å². The molecular formula is C23H38ClN3O. The standard InChI is InChI=1S/C23H37N3O.ClH/c1-2-3-4-5-6-7-8-9-10-12-19-14-16-20(17-15-19)23(27)26-18-11-13-21(26)22(24)25;/h14-17,21H,2-13,18H2,1H3,(H3,24,25);1H/t21-;/m0./s1. The van der Waals surface area contributed by atoms with Crippen molar-refractivity contribution < 1.29 is 4.79 Å². The summed E-state index contributed by atoms with van der Waals surface area (Å²) in [5.74, 6) is 0.102. The number of halogens is 1. The van der Waals surface area contributed by atoms with Crippen molar-refractivity contribution in [1.29, 1.82) is 5.41 Å². The summed E-state index contributed by atoms with van der Waals surface area (Å²) >= 11 is 0. The molecule has 0 aliphatic carbocycles. The molecule has 1 aromatic carbocycles. The number of likely N-dealkylation sites (tertiary alicyclic amines) is 1. The number of nitrogens with zero attached hydrogens (tertiary/aromatic N) is 1. The minimum absolute atomic E-state index is 0. The molecule has 28 heavy (non-hydrogen) atoms. The molecule has 1 aromatic rings. The highest BCUT2D eigenvalue weighted by Gasteiger charge is 2.31. The molecule has 0 radical (unpaired) electrons. The van der Waals surface area contributed by atoms with Gasteiger partial charge in [-0.2, -0.15) is 0 Å². The third-order valence-electron chi connectivity index (χ3n) is 5.64. The van der Waals surface area contributed by atoms with Crippen LogP contribution in [0.4, 0.5) is 0 Å². The van der Waals surface area contributed by atoms with Crippen molar-refractivity contribution in [2.45, 2.75) is 90.0 Å². The van der Waals surface area contributed by atoms with Gasteiger partial charge in [-0.15, -0.1) is 12.4 Å². The highest BCUT2D eigenvalue weighted by atomic mass is 35.5. The van der Waals surface area contributed by atoms with Crippen LogP contribution in [0.5, 0.6) is 0 Å². The Bertz CT molecular complexity index is 588. The lowest BCUT2D eigenvalue weighted by Gasteiger charge is -2.23. The summed E-state index contributed by atoms with van der Waals surface area (Å²) in [6, 6.07) is 7.80. The van der Waals surface area contributed by atoms with E-state index in [2.05, 4.69) is 19.1 Å². The second-order valence-corrected chi connectivity index (χ2v) is 7.89. The average molecular weight is 408 g/mol. The van der Waals surface area contributed by atoms with Crippen molar-refractivity contribution in [2.24, 2.45) is 5.73 Å². The smallest absolute Gasteiger partial charge is 0.254 e. The number of amidine groups is 1. The minimum Gasteiger partial charge on any atom is -0.386 e. The molecule has 1 saturated heterocycles. The van der Waals surface area contributed by atoms with Crippen molar-refractivity contribution in [1.82, 2.24) is 4.90 Å². The number of aryl methyl sites for hydroxylation is 1. The fourth-order valence-corrected chi connectivity index (χ4v) is 3.95. The van der Waals surface area contributed by atoms with Crippen LogP contribution in [0.25, 0.3) is 0 Å². The molecule has 1 heterocycles. The van der Waals surface area contributed by atoms with Crippen LogP contribution in [0.3, 0.4) is 0 Å². The highest BCUT2D eigenvalue weighted by molar-refractivity contribution is 5.98. The first-order chi connectivity index (χ1) is 13.1. The predicted octanol–water partition coefficient (Wildman–Crippen LogP) is 5.72. The van der Waals surface area contributed by atoms with E-state index in [0.717, 1.165) is 19.3 Å². The molecule has 2 rings (SSSR count). The molecule has 1 aliphatic rings. The summed E-state index contributed by atoms with van der Waals surface area (Å²) in [4.78, 5) is 14.4. The van der Waals surface area contributed by atoms with Gasteiger partial charge in [0.05, 0.1) is 6.04 Å². The quantitative estimate of drug-likeness (QED) is 0.264. The van der Waals surface area contributed by atoms with Crippen LogP contribution < -0.4 is 5.73 Å². The van der Waals surface area contributed by atoms with Gasteiger partial charge in [-0.05, 0) is 43.4 Å². The first-order valence-corrected chi connectivity index (χ1v) is 10.9. The lowest BCUT2D eigenvalue weighted by Crippen LogP contribution is -2.43. The van der Waals surface area contributed by atoms with E-state index >= 15 is 0 Å². The fourth-order valence-electron chi connectivity index (χ4n) is 3.95. The van der Waals surface area contributed by atoms with Crippen LogP contribution in [0.15, 0.2) is 24.3 Å². The molecule has 0 spiro atoms. The number of hydrogen-bond donors (Lipinski definition) is 2. The van der Waals surface area contributed by atoms with Crippen molar-refractivity contribution in [2.75, 3.05) is 6.54 Å². The Morgan fingerprint density at radius 3 is 2.18 bits per heavy atom. The SMILES string of the molecule is CCCCCCCCCCCc1ccc(C(=O)N2CCC[C@H]2C(=N)N)cc1.Cl. The second kappa shape index (κ2) is 13.6. The van der Waals surface area contributed by atoms with Crippen LogP contribution in [0, 0.1) is 5.41 Å². The zero-order valence-corrected chi connectivity index (χ0v) is 18.2. The van der Waals surface area contributed by atoms with E-state index in [0.29, 0.717) is 12.1 Å². The second-order valence-electron chi connectivity index (χ2n) is 7.89. The maximum Gasteiger partial charge on any atom is 0.254 e. The molecule has 3 N–H and O–H groups in total. The minimum atomic E-state index is -0.223. The van der Waals surface area contributed by atoms with Crippen molar-refractivity contribution in [3.8, 4) is 0 Å². The third kappa shape index (κ3) is 7.83. The third-order valence-corrected chi connectivity index (χ3v) is 5.64. The average Bonchev–Trinajstić information content (AvgIpc) is 3.17. The van der Waals surface area contributed by atoms with Gasteiger partial charge in [0.15, 0.2) is 0 Å². The Morgan fingerprint density at radius 1 is 1.04 bits per heavy atom. The van der Waals surface area contributed by atoms with Gasteiger partial charge in [0.25, 0.3) is 5.91 Å². The summed E-state index contributed by atoms with van der Waals surface area (Å²) in [6.07, 6.45) is 14.9. The zero-order chi connectivity index (χ0) is 19.5. The molecule has 158 valence electrons. The van der Waals surface area contributed by atoms with Crippen LogP contribution in [0.1, 0.15) is 93.5 Å². The molecule has 4 nitrogen and oxygen atoms in total. The van der Waals surface area contributed by atoms with Gasteiger partial charge in [-0.1, -0.05) is 70.4 Å². The summed E-state index contributed by atoms with van der Waals surface area (Å²) in [5, 5.41) is 7.66. The van der Waals surface area contributed by atoms with E-state index in [1.807, 2.05) is 12.1 Å². The Kier molecular flexibility index (Phi) is 11.9.